The van der Waals surface area contributed by atoms with Crippen molar-refractivity contribution < 1.29 is 15.0 Å². The van der Waals surface area contributed by atoms with Crippen LogP contribution in [-0.4, -0.2) is 22.8 Å². The van der Waals surface area contributed by atoms with Gasteiger partial charge in [-0.05, 0) is 43.4 Å². The Labute approximate surface area is 77.8 Å². The lowest BCUT2D eigenvalue weighted by atomic mass is 9.56. The molecule has 0 radical (unpaired) electrons. The summed E-state index contributed by atoms with van der Waals surface area (Å²) in [6.45, 7) is 0.170. The average molecular weight is 184 g/mol. The fraction of sp³-hybridized carbons (Fsp3) is 0.900. The first kappa shape index (κ1) is 9.00. The SMILES string of the molecule is O=C(O)C1CC2(CO)CCC1CC2. The number of hydrogen-bond donors (Lipinski definition) is 2. The lowest BCUT2D eigenvalue weighted by molar-refractivity contribution is -0.151. The Morgan fingerprint density at radius 2 is 2.00 bits per heavy atom. The van der Waals surface area contributed by atoms with E-state index in [0.717, 1.165) is 25.7 Å². The van der Waals surface area contributed by atoms with E-state index in [1.54, 1.807) is 0 Å². The van der Waals surface area contributed by atoms with Crippen LogP contribution in [0.4, 0.5) is 0 Å². The molecule has 3 rings (SSSR count). The van der Waals surface area contributed by atoms with E-state index in [0.29, 0.717) is 12.3 Å². The second-order valence-corrected chi connectivity index (χ2v) is 4.64. The maximum Gasteiger partial charge on any atom is 0.306 e. The van der Waals surface area contributed by atoms with Gasteiger partial charge in [0, 0.05) is 6.61 Å². The van der Waals surface area contributed by atoms with Gasteiger partial charge in [0.1, 0.15) is 0 Å². The van der Waals surface area contributed by atoms with Crippen molar-refractivity contribution in [3.8, 4) is 0 Å². The number of carboxylic acids is 1. The van der Waals surface area contributed by atoms with Gasteiger partial charge in [-0.15, -0.1) is 0 Å². The first-order valence-corrected chi connectivity index (χ1v) is 5.00. The Hall–Kier alpha value is -0.570. The third-order valence-electron chi connectivity index (χ3n) is 3.97. The number of aliphatic hydroxyl groups is 1. The molecule has 1 unspecified atom stereocenters. The molecule has 1 atom stereocenters. The molecule has 3 fully saturated rings. The van der Waals surface area contributed by atoms with Crippen molar-refractivity contribution >= 4 is 5.97 Å². The van der Waals surface area contributed by atoms with Crippen LogP contribution in [0.15, 0.2) is 0 Å². The molecule has 0 aromatic rings. The van der Waals surface area contributed by atoms with Crippen LogP contribution in [-0.2, 0) is 4.79 Å². The predicted octanol–water partition coefficient (Wildman–Crippen LogP) is 1.26. The van der Waals surface area contributed by atoms with E-state index in [1.807, 2.05) is 0 Å². The number of rotatable bonds is 2. The summed E-state index contributed by atoms with van der Waals surface area (Å²) in [5, 5.41) is 18.3. The van der Waals surface area contributed by atoms with Crippen LogP contribution in [0.3, 0.4) is 0 Å². The molecule has 3 heteroatoms. The van der Waals surface area contributed by atoms with E-state index in [4.69, 9.17) is 5.11 Å². The lowest BCUT2D eigenvalue weighted by Gasteiger charge is -2.48. The Morgan fingerprint density at radius 3 is 2.46 bits per heavy atom. The summed E-state index contributed by atoms with van der Waals surface area (Å²) in [5.41, 5.74) is -0.0438. The second-order valence-electron chi connectivity index (χ2n) is 4.64. The van der Waals surface area contributed by atoms with Crippen molar-refractivity contribution in [2.75, 3.05) is 6.61 Å². The van der Waals surface area contributed by atoms with Crippen molar-refractivity contribution in [2.45, 2.75) is 32.1 Å². The zero-order valence-electron chi connectivity index (χ0n) is 7.70. The van der Waals surface area contributed by atoms with Gasteiger partial charge in [0.15, 0.2) is 0 Å². The van der Waals surface area contributed by atoms with Gasteiger partial charge in [0.25, 0.3) is 0 Å². The molecule has 0 amide bonds. The highest BCUT2D eigenvalue weighted by Gasteiger charge is 2.47. The molecule has 0 spiro atoms. The zero-order valence-corrected chi connectivity index (χ0v) is 7.70. The summed E-state index contributed by atoms with van der Waals surface area (Å²) in [7, 11) is 0. The van der Waals surface area contributed by atoms with Crippen LogP contribution in [0.1, 0.15) is 32.1 Å². The van der Waals surface area contributed by atoms with Gasteiger partial charge in [0.2, 0.25) is 0 Å². The van der Waals surface area contributed by atoms with Gasteiger partial charge in [-0.2, -0.15) is 0 Å². The number of hydrogen-bond acceptors (Lipinski definition) is 2. The molecule has 74 valence electrons. The average Bonchev–Trinajstić information content (AvgIpc) is 2.19. The molecule has 3 saturated carbocycles. The summed E-state index contributed by atoms with van der Waals surface area (Å²) in [5.74, 6) is -0.470. The van der Waals surface area contributed by atoms with Crippen LogP contribution in [0.5, 0.6) is 0 Å². The molecule has 0 aliphatic heterocycles. The molecular weight excluding hydrogens is 168 g/mol. The minimum Gasteiger partial charge on any atom is -0.481 e. The minimum absolute atomic E-state index is 0.0438. The third-order valence-corrected chi connectivity index (χ3v) is 3.97. The van der Waals surface area contributed by atoms with Crippen molar-refractivity contribution in [2.24, 2.45) is 17.3 Å². The Balaban J connectivity index is 2.15. The topological polar surface area (TPSA) is 57.5 Å². The predicted molar refractivity (Wildman–Crippen MR) is 47.2 cm³/mol. The van der Waals surface area contributed by atoms with E-state index in [9.17, 15) is 9.90 Å². The van der Waals surface area contributed by atoms with Crippen molar-refractivity contribution in [3.63, 3.8) is 0 Å². The number of aliphatic carboxylic acids is 1. The van der Waals surface area contributed by atoms with E-state index in [-0.39, 0.29) is 17.9 Å². The summed E-state index contributed by atoms with van der Waals surface area (Å²) in [4.78, 5) is 10.9. The molecule has 2 bridgehead atoms. The monoisotopic (exact) mass is 184 g/mol. The summed E-state index contributed by atoms with van der Waals surface area (Å²) in [6.07, 6.45) is 4.74. The van der Waals surface area contributed by atoms with Gasteiger partial charge < -0.3 is 10.2 Å². The Kier molecular flexibility index (Phi) is 2.06. The summed E-state index contributed by atoms with van der Waals surface area (Å²) >= 11 is 0. The Morgan fingerprint density at radius 1 is 1.38 bits per heavy atom. The summed E-state index contributed by atoms with van der Waals surface area (Å²) < 4.78 is 0. The number of aliphatic hydroxyl groups excluding tert-OH is 1. The highest BCUT2D eigenvalue weighted by Crippen LogP contribution is 2.52. The van der Waals surface area contributed by atoms with Gasteiger partial charge >= 0.3 is 5.97 Å². The standard InChI is InChI=1S/C10H16O3/c11-6-10-3-1-7(2-4-10)8(5-10)9(12)13/h7-8,11H,1-6H2,(H,12,13). The first-order chi connectivity index (χ1) is 6.17. The fourth-order valence-corrected chi connectivity index (χ4v) is 3.00. The van der Waals surface area contributed by atoms with Crippen molar-refractivity contribution in [1.82, 2.24) is 0 Å². The lowest BCUT2D eigenvalue weighted by Crippen LogP contribution is -2.44. The van der Waals surface area contributed by atoms with Gasteiger partial charge in [-0.1, -0.05) is 0 Å². The van der Waals surface area contributed by atoms with Gasteiger partial charge in [0.05, 0.1) is 5.92 Å². The largest absolute Gasteiger partial charge is 0.481 e. The molecular formula is C10H16O3. The zero-order chi connectivity index (χ0) is 9.47. The third kappa shape index (κ3) is 1.35. The molecule has 0 heterocycles. The first-order valence-electron chi connectivity index (χ1n) is 5.00. The van der Waals surface area contributed by atoms with Crippen LogP contribution in [0.2, 0.25) is 0 Å². The molecule has 0 saturated heterocycles. The highest BCUT2D eigenvalue weighted by molar-refractivity contribution is 5.70. The van der Waals surface area contributed by atoms with Gasteiger partial charge in [-0.3, -0.25) is 4.79 Å². The second kappa shape index (κ2) is 2.98. The molecule has 3 aliphatic carbocycles. The maximum atomic E-state index is 10.9. The van der Waals surface area contributed by atoms with Crippen LogP contribution < -0.4 is 0 Å². The van der Waals surface area contributed by atoms with Crippen LogP contribution in [0, 0.1) is 17.3 Å². The Bertz CT molecular complexity index is 216. The van der Waals surface area contributed by atoms with Crippen LogP contribution in [0.25, 0.3) is 0 Å². The van der Waals surface area contributed by atoms with E-state index >= 15 is 0 Å². The van der Waals surface area contributed by atoms with Gasteiger partial charge in [-0.25, -0.2) is 0 Å². The highest BCUT2D eigenvalue weighted by atomic mass is 16.4. The number of carboxylic acid groups (broad SMARTS) is 1. The minimum atomic E-state index is -0.665. The molecule has 0 aromatic heterocycles. The van der Waals surface area contributed by atoms with E-state index in [2.05, 4.69) is 0 Å². The van der Waals surface area contributed by atoms with E-state index < -0.39 is 5.97 Å². The molecule has 3 aliphatic rings. The quantitative estimate of drug-likeness (QED) is 0.679. The van der Waals surface area contributed by atoms with Crippen molar-refractivity contribution in [3.05, 3.63) is 0 Å². The van der Waals surface area contributed by atoms with Crippen LogP contribution >= 0.6 is 0 Å². The normalized spacial score (nSPS) is 43.5. The molecule has 2 N–H and O–H groups in total. The smallest absolute Gasteiger partial charge is 0.306 e. The molecule has 13 heavy (non-hydrogen) atoms. The van der Waals surface area contributed by atoms with Crippen molar-refractivity contribution in [1.29, 1.82) is 0 Å². The summed E-state index contributed by atoms with van der Waals surface area (Å²) in [6, 6.07) is 0. The fourth-order valence-electron chi connectivity index (χ4n) is 3.00. The molecule has 3 nitrogen and oxygen atoms in total. The maximum absolute atomic E-state index is 10.9. The van der Waals surface area contributed by atoms with E-state index in [1.165, 1.54) is 0 Å². The number of carbonyl (C=O) groups is 1. The number of fused-ring (bicyclic) bond motifs is 3. The molecule has 0 aromatic carbocycles.